The molecule has 0 spiro atoms. The molecule has 6 heteroatoms. The number of carbonyl (C=O) groups excluding carboxylic acids is 2. The van der Waals surface area contributed by atoms with Gasteiger partial charge in [0.2, 0.25) is 5.91 Å². The minimum atomic E-state index is -0.426. The molecular weight excluding hydrogens is 250 g/mol. The van der Waals surface area contributed by atoms with Gasteiger partial charge in [0.25, 0.3) is 0 Å². The number of carbonyl (C=O) groups is 2. The predicted molar refractivity (Wildman–Crippen MR) is 64.2 cm³/mol. The summed E-state index contributed by atoms with van der Waals surface area (Å²) in [7, 11) is 0. The smallest absolute Gasteiger partial charge is 0.341 e. The number of anilines is 1. The van der Waals surface area contributed by atoms with Crippen LogP contribution in [0, 0.1) is 0 Å². The van der Waals surface area contributed by atoms with Gasteiger partial charge in [-0.25, -0.2) is 4.79 Å². The Labute approximate surface area is 103 Å². The number of hydrogen-bond acceptors (Lipinski definition) is 4. The fraction of sp³-hybridized carbons (Fsp3) is 0.400. The van der Waals surface area contributed by atoms with E-state index in [1.807, 2.05) is 0 Å². The second-order valence-electron chi connectivity index (χ2n) is 2.87. The Bertz CT molecular complexity index is 378. The molecule has 16 heavy (non-hydrogen) atoms. The van der Waals surface area contributed by atoms with Crippen molar-refractivity contribution in [1.82, 2.24) is 0 Å². The first-order valence-corrected chi connectivity index (χ1v) is 6.20. The van der Waals surface area contributed by atoms with E-state index in [-0.39, 0.29) is 18.2 Å². The van der Waals surface area contributed by atoms with Gasteiger partial charge in [0.15, 0.2) is 0 Å². The average molecular weight is 262 g/mol. The third-order valence-corrected chi connectivity index (χ3v) is 2.75. The van der Waals surface area contributed by atoms with Gasteiger partial charge >= 0.3 is 5.97 Å². The molecule has 0 saturated carbocycles. The number of amides is 1. The fourth-order valence-corrected chi connectivity index (χ4v) is 2.01. The second kappa shape index (κ2) is 6.50. The predicted octanol–water partition coefficient (Wildman–Crippen LogP) is 2.49. The molecule has 0 saturated heterocycles. The van der Waals surface area contributed by atoms with Crippen LogP contribution in [0.5, 0.6) is 0 Å². The summed E-state index contributed by atoms with van der Waals surface area (Å²) in [5.74, 6) is -0.376. The summed E-state index contributed by atoms with van der Waals surface area (Å²) in [5, 5.41) is 4.86. The summed E-state index contributed by atoms with van der Waals surface area (Å²) in [5.41, 5.74) is 0.384. The Morgan fingerprint density at radius 2 is 2.31 bits per heavy atom. The number of thiophene rings is 1. The Balaban J connectivity index is 2.70. The van der Waals surface area contributed by atoms with Crippen molar-refractivity contribution in [3.8, 4) is 0 Å². The highest BCUT2D eigenvalue weighted by Crippen LogP contribution is 2.24. The van der Waals surface area contributed by atoms with Crippen LogP contribution in [-0.2, 0) is 9.53 Å². The summed E-state index contributed by atoms with van der Waals surface area (Å²) < 4.78 is 4.86. The van der Waals surface area contributed by atoms with E-state index in [1.165, 1.54) is 11.3 Å². The summed E-state index contributed by atoms with van der Waals surface area (Å²) in [6.45, 7) is 2.04. The number of hydrogen-bond donors (Lipinski definition) is 1. The van der Waals surface area contributed by atoms with Crippen LogP contribution in [0.2, 0.25) is 0 Å². The molecule has 0 unspecified atom stereocenters. The number of alkyl halides is 1. The number of halogens is 1. The highest BCUT2D eigenvalue weighted by Gasteiger charge is 2.15. The topological polar surface area (TPSA) is 55.4 Å². The van der Waals surface area contributed by atoms with Crippen molar-refractivity contribution in [1.29, 1.82) is 0 Å². The average Bonchev–Trinajstić information content (AvgIpc) is 2.66. The summed E-state index contributed by atoms with van der Waals surface area (Å²) in [4.78, 5) is 22.8. The van der Waals surface area contributed by atoms with Gasteiger partial charge in [0.1, 0.15) is 5.00 Å². The monoisotopic (exact) mass is 261 g/mol. The standard InChI is InChI=1S/C10H12ClNO3S/c1-2-15-10(14)7-4-6-16-9(7)12-8(13)3-5-11/h4,6H,2-3,5H2,1H3,(H,12,13). The van der Waals surface area contributed by atoms with Crippen molar-refractivity contribution in [3.63, 3.8) is 0 Å². The van der Waals surface area contributed by atoms with Gasteiger partial charge in [-0.2, -0.15) is 0 Å². The van der Waals surface area contributed by atoms with Crippen molar-refractivity contribution < 1.29 is 14.3 Å². The summed E-state index contributed by atoms with van der Waals surface area (Å²) in [6, 6.07) is 1.62. The normalized spacial score (nSPS) is 9.88. The van der Waals surface area contributed by atoms with Crippen molar-refractivity contribution in [2.75, 3.05) is 17.8 Å². The van der Waals surface area contributed by atoms with Crippen LogP contribution in [-0.4, -0.2) is 24.4 Å². The van der Waals surface area contributed by atoms with Gasteiger partial charge in [-0.05, 0) is 18.4 Å². The molecule has 1 heterocycles. The SMILES string of the molecule is CCOC(=O)c1ccsc1NC(=O)CCCl. The molecular formula is C10H12ClNO3S. The van der Waals surface area contributed by atoms with Gasteiger partial charge in [-0.15, -0.1) is 22.9 Å². The maximum Gasteiger partial charge on any atom is 0.341 e. The summed E-state index contributed by atoms with van der Waals surface area (Å²) >= 11 is 6.72. The zero-order valence-corrected chi connectivity index (χ0v) is 10.4. The van der Waals surface area contributed by atoms with Crippen LogP contribution in [0.1, 0.15) is 23.7 Å². The fourth-order valence-electron chi connectivity index (χ4n) is 1.05. The van der Waals surface area contributed by atoms with Crippen LogP contribution >= 0.6 is 22.9 Å². The first kappa shape index (κ1) is 13.0. The van der Waals surface area contributed by atoms with Gasteiger partial charge in [-0.1, -0.05) is 0 Å². The first-order chi connectivity index (χ1) is 7.69. The zero-order chi connectivity index (χ0) is 12.0. The molecule has 0 radical (unpaired) electrons. The third kappa shape index (κ3) is 3.50. The lowest BCUT2D eigenvalue weighted by Gasteiger charge is -2.04. The molecule has 0 aliphatic carbocycles. The number of esters is 1. The van der Waals surface area contributed by atoms with Crippen LogP contribution in [0.25, 0.3) is 0 Å². The number of nitrogens with one attached hydrogen (secondary N) is 1. The van der Waals surface area contributed by atoms with Gasteiger partial charge in [0, 0.05) is 12.3 Å². The largest absolute Gasteiger partial charge is 0.462 e. The molecule has 1 aromatic heterocycles. The summed E-state index contributed by atoms with van der Waals surface area (Å²) in [6.07, 6.45) is 0.224. The van der Waals surface area contributed by atoms with Gasteiger partial charge in [0.05, 0.1) is 12.2 Å². The molecule has 1 aromatic rings. The lowest BCUT2D eigenvalue weighted by molar-refractivity contribution is -0.115. The lowest BCUT2D eigenvalue weighted by atomic mass is 10.3. The van der Waals surface area contributed by atoms with E-state index >= 15 is 0 Å². The first-order valence-electron chi connectivity index (χ1n) is 4.79. The highest BCUT2D eigenvalue weighted by atomic mass is 35.5. The van der Waals surface area contributed by atoms with E-state index in [1.54, 1.807) is 18.4 Å². The molecule has 4 nitrogen and oxygen atoms in total. The molecule has 0 atom stereocenters. The van der Waals surface area contributed by atoms with E-state index in [4.69, 9.17) is 16.3 Å². The second-order valence-corrected chi connectivity index (χ2v) is 4.17. The van der Waals surface area contributed by atoms with Crippen molar-refractivity contribution >= 4 is 39.8 Å². The third-order valence-electron chi connectivity index (χ3n) is 1.74. The molecule has 0 aliphatic rings. The maximum atomic E-state index is 11.5. The van der Waals surface area contributed by atoms with Gasteiger partial charge in [-0.3, -0.25) is 4.79 Å². The van der Waals surface area contributed by atoms with Crippen molar-refractivity contribution in [2.24, 2.45) is 0 Å². The Morgan fingerprint density at radius 1 is 1.56 bits per heavy atom. The van der Waals surface area contributed by atoms with E-state index in [9.17, 15) is 9.59 Å². The molecule has 1 rings (SSSR count). The van der Waals surface area contributed by atoms with Crippen molar-refractivity contribution in [3.05, 3.63) is 17.0 Å². The molecule has 1 amide bonds. The Kier molecular flexibility index (Phi) is 5.28. The van der Waals surface area contributed by atoms with E-state index in [0.29, 0.717) is 17.2 Å². The van der Waals surface area contributed by atoms with Crippen molar-refractivity contribution in [2.45, 2.75) is 13.3 Å². The lowest BCUT2D eigenvalue weighted by Crippen LogP contribution is -2.14. The molecule has 0 bridgehead atoms. The number of rotatable bonds is 5. The van der Waals surface area contributed by atoms with Crippen LogP contribution in [0.4, 0.5) is 5.00 Å². The van der Waals surface area contributed by atoms with Crippen LogP contribution in [0.15, 0.2) is 11.4 Å². The molecule has 88 valence electrons. The highest BCUT2D eigenvalue weighted by molar-refractivity contribution is 7.14. The molecule has 0 aromatic carbocycles. The van der Waals surface area contributed by atoms with Gasteiger partial charge < -0.3 is 10.1 Å². The molecule has 0 fully saturated rings. The Hall–Kier alpha value is -1.07. The minimum absolute atomic E-state index is 0.206. The number of ether oxygens (including phenoxy) is 1. The van der Waals surface area contributed by atoms with Crippen LogP contribution in [0.3, 0.4) is 0 Å². The van der Waals surface area contributed by atoms with Crippen LogP contribution < -0.4 is 5.32 Å². The van der Waals surface area contributed by atoms with E-state index in [0.717, 1.165) is 0 Å². The minimum Gasteiger partial charge on any atom is -0.462 e. The zero-order valence-electron chi connectivity index (χ0n) is 8.79. The van der Waals surface area contributed by atoms with E-state index < -0.39 is 5.97 Å². The maximum absolute atomic E-state index is 11.5. The van der Waals surface area contributed by atoms with E-state index in [2.05, 4.69) is 5.32 Å². The Morgan fingerprint density at radius 3 is 2.94 bits per heavy atom. The molecule has 0 aliphatic heterocycles. The quantitative estimate of drug-likeness (QED) is 0.654. The molecule has 1 N–H and O–H groups in total.